The highest BCUT2D eigenvalue weighted by Crippen LogP contribution is 2.34. The molecule has 0 saturated heterocycles. The number of benzene rings is 3. The zero-order valence-electron chi connectivity index (χ0n) is 18.4. The summed E-state index contributed by atoms with van der Waals surface area (Å²) in [7, 11) is 0. The molecule has 3 amide bonds. The van der Waals surface area contributed by atoms with E-state index < -0.39 is 23.8 Å². The third kappa shape index (κ3) is 3.66. The van der Waals surface area contributed by atoms with Gasteiger partial charge in [0.1, 0.15) is 6.04 Å². The van der Waals surface area contributed by atoms with Gasteiger partial charge in [0.15, 0.2) is 0 Å². The number of halogens is 1. The Morgan fingerprint density at radius 3 is 2.24 bits per heavy atom. The predicted molar refractivity (Wildman–Crippen MR) is 131 cm³/mol. The van der Waals surface area contributed by atoms with E-state index in [0.717, 1.165) is 26.9 Å². The SMILES string of the molecule is CC(C(=O)NCC(c1ccccc1Cl)c1c[nH]c2ccccc12)N1C(=O)c2ccccc2C1=O. The Labute approximate surface area is 201 Å². The Morgan fingerprint density at radius 1 is 0.912 bits per heavy atom. The van der Waals surface area contributed by atoms with Gasteiger partial charge < -0.3 is 10.3 Å². The first-order chi connectivity index (χ1) is 16.5. The Kier molecular flexibility index (Phi) is 5.67. The summed E-state index contributed by atoms with van der Waals surface area (Å²) in [5.74, 6) is -1.56. The first-order valence-corrected chi connectivity index (χ1v) is 11.4. The zero-order chi connectivity index (χ0) is 23.8. The molecular weight excluding hydrogens is 450 g/mol. The maximum atomic E-state index is 13.1. The van der Waals surface area contributed by atoms with E-state index in [-0.39, 0.29) is 12.5 Å². The summed E-state index contributed by atoms with van der Waals surface area (Å²) in [6.45, 7) is 1.81. The van der Waals surface area contributed by atoms with E-state index in [1.54, 1.807) is 31.2 Å². The van der Waals surface area contributed by atoms with Crippen molar-refractivity contribution in [3.05, 3.63) is 106 Å². The van der Waals surface area contributed by atoms with Crippen LogP contribution in [0.4, 0.5) is 0 Å². The fourth-order valence-corrected chi connectivity index (χ4v) is 4.82. The van der Waals surface area contributed by atoms with Crippen LogP contribution < -0.4 is 5.32 Å². The van der Waals surface area contributed by atoms with Crippen molar-refractivity contribution in [3.8, 4) is 0 Å². The molecule has 2 N–H and O–H groups in total. The summed E-state index contributed by atoms with van der Waals surface area (Å²) >= 11 is 6.54. The number of carbonyl (C=O) groups excluding carboxylic acids is 3. The summed E-state index contributed by atoms with van der Waals surface area (Å²) < 4.78 is 0. The third-order valence-corrected chi connectivity index (χ3v) is 6.69. The fourth-order valence-electron chi connectivity index (χ4n) is 4.55. The second-order valence-corrected chi connectivity index (χ2v) is 8.72. The lowest BCUT2D eigenvalue weighted by Crippen LogP contribution is -2.48. The number of para-hydroxylation sites is 1. The number of imide groups is 1. The maximum Gasteiger partial charge on any atom is 0.262 e. The largest absolute Gasteiger partial charge is 0.361 e. The first kappa shape index (κ1) is 21.9. The van der Waals surface area contributed by atoms with Crippen molar-refractivity contribution in [2.45, 2.75) is 18.9 Å². The number of hydrogen-bond donors (Lipinski definition) is 2. The molecule has 1 aromatic heterocycles. The van der Waals surface area contributed by atoms with E-state index in [2.05, 4.69) is 10.3 Å². The lowest BCUT2D eigenvalue weighted by molar-refractivity contribution is -0.124. The second-order valence-electron chi connectivity index (χ2n) is 8.31. The van der Waals surface area contributed by atoms with Gasteiger partial charge in [-0.2, -0.15) is 0 Å². The molecule has 5 rings (SSSR count). The van der Waals surface area contributed by atoms with Crippen molar-refractivity contribution in [1.82, 2.24) is 15.2 Å². The smallest absolute Gasteiger partial charge is 0.262 e. The Hall–Kier alpha value is -3.90. The number of H-pyrrole nitrogens is 1. The van der Waals surface area contributed by atoms with E-state index in [1.807, 2.05) is 54.7 Å². The van der Waals surface area contributed by atoms with Crippen LogP contribution in [0.5, 0.6) is 0 Å². The zero-order valence-corrected chi connectivity index (χ0v) is 19.2. The van der Waals surface area contributed by atoms with Gasteiger partial charge in [0, 0.05) is 34.6 Å². The van der Waals surface area contributed by atoms with Gasteiger partial charge in [-0.25, -0.2) is 0 Å². The summed E-state index contributed by atoms with van der Waals surface area (Å²) in [5.41, 5.74) is 3.50. The van der Waals surface area contributed by atoms with Crippen molar-refractivity contribution >= 4 is 40.2 Å². The van der Waals surface area contributed by atoms with Crippen molar-refractivity contribution < 1.29 is 14.4 Å². The van der Waals surface area contributed by atoms with Gasteiger partial charge in [-0.05, 0) is 42.3 Å². The van der Waals surface area contributed by atoms with Crippen LogP contribution in [0.3, 0.4) is 0 Å². The summed E-state index contributed by atoms with van der Waals surface area (Å²) in [4.78, 5) is 43.0. The van der Waals surface area contributed by atoms with Crippen molar-refractivity contribution in [1.29, 1.82) is 0 Å². The molecule has 0 spiro atoms. The van der Waals surface area contributed by atoms with Crippen LogP contribution in [0.25, 0.3) is 10.9 Å². The molecule has 0 aliphatic carbocycles. The van der Waals surface area contributed by atoms with Crippen LogP contribution in [-0.4, -0.2) is 40.2 Å². The van der Waals surface area contributed by atoms with Gasteiger partial charge in [0.25, 0.3) is 11.8 Å². The lowest BCUT2D eigenvalue weighted by atomic mass is 9.90. The minimum atomic E-state index is -0.956. The Bertz CT molecular complexity index is 1390. The van der Waals surface area contributed by atoms with Crippen molar-refractivity contribution in [2.24, 2.45) is 0 Å². The van der Waals surface area contributed by atoms with E-state index in [0.29, 0.717) is 16.1 Å². The first-order valence-electron chi connectivity index (χ1n) is 11.0. The summed E-state index contributed by atoms with van der Waals surface area (Å²) in [6.07, 6.45) is 1.93. The van der Waals surface area contributed by atoms with Gasteiger partial charge in [0.05, 0.1) is 11.1 Å². The van der Waals surface area contributed by atoms with E-state index >= 15 is 0 Å². The van der Waals surface area contributed by atoms with Crippen LogP contribution in [0.15, 0.2) is 79.0 Å². The number of amides is 3. The highest BCUT2D eigenvalue weighted by molar-refractivity contribution is 6.31. The molecule has 34 heavy (non-hydrogen) atoms. The highest BCUT2D eigenvalue weighted by atomic mass is 35.5. The number of fused-ring (bicyclic) bond motifs is 2. The van der Waals surface area contributed by atoms with Gasteiger partial charge in [-0.1, -0.05) is 60.1 Å². The summed E-state index contributed by atoms with van der Waals surface area (Å²) in [6, 6.07) is 21.1. The number of carbonyl (C=O) groups is 3. The molecule has 0 radical (unpaired) electrons. The summed E-state index contributed by atoms with van der Waals surface area (Å²) in [5, 5.41) is 4.58. The fraction of sp³-hybridized carbons (Fsp3) is 0.148. The Morgan fingerprint density at radius 2 is 1.53 bits per heavy atom. The molecule has 0 bridgehead atoms. The number of aromatic amines is 1. The van der Waals surface area contributed by atoms with Crippen molar-refractivity contribution in [2.75, 3.05) is 6.54 Å². The standard InChI is InChI=1S/C27H22ClN3O3/c1-16(31-26(33)19-10-2-3-11-20(19)27(31)34)25(32)30-15-21(17-8-4-6-12-23(17)28)22-14-29-24-13-7-5-9-18(22)24/h2-14,16,21,29H,15H2,1H3,(H,30,32). The topological polar surface area (TPSA) is 82.3 Å². The quantitative estimate of drug-likeness (QED) is 0.398. The van der Waals surface area contributed by atoms with Crippen LogP contribution in [0, 0.1) is 0 Å². The number of nitrogens with zero attached hydrogens (tertiary/aromatic N) is 1. The van der Waals surface area contributed by atoms with Crippen LogP contribution in [-0.2, 0) is 4.79 Å². The highest BCUT2D eigenvalue weighted by Gasteiger charge is 2.40. The molecule has 0 fully saturated rings. The van der Waals surface area contributed by atoms with Gasteiger partial charge in [-0.3, -0.25) is 19.3 Å². The molecule has 1 aliphatic heterocycles. The van der Waals surface area contributed by atoms with Crippen LogP contribution in [0.1, 0.15) is 44.7 Å². The average Bonchev–Trinajstić information content (AvgIpc) is 3.39. The van der Waals surface area contributed by atoms with Crippen LogP contribution in [0.2, 0.25) is 5.02 Å². The second kappa shape index (κ2) is 8.80. The number of nitrogens with one attached hydrogen (secondary N) is 2. The molecule has 2 heterocycles. The molecular formula is C27H22ClN3O3. The Balaban J connectivity index is 1.41. The molecule has 1 aliphatic rings. The molecule has 2 unspecified atom stereocenters. The minimum Gasteiger partial charge on any atom is -0.361 e. The molecule has 7 heteroatoms. The number of rotatable bonds is 6. The molecule has 170 valence electrons. The lowest BCUT2D eigenvalue weighted by Gasteiger charge is -2.24. The van der Waals surface area contributed by atoms with Gasteiger partial charge in [0.2, 0.25) is 5.91 Å². The molecule has 2 atom stereocenters. The monoisotopic (exact) mass is 471 g/mol. The molecule has 0 saturated carbocycles. The van der Waals surface area contributed by atoms with Gasteiger partial charge >= 0.3 is 0 Å². The number of hydrogen-bond acceptors (Lipinski definition) is 3. The van der Waals surface area contributed by atoms with Gasteiger partial charge in [-0.15, -0.1) is 0 Å². The van der Waals surface area contributed by atoms with Crippen molar-refractivity contribution in [3.63, 3.8) is 0 Å². The minimum absolute atomic E-state index is 0.233. The molecule has 3 aromatic carbocycles. The van der Waals surface area contributed by atoms with Crippen LogP contribution >= 0.6 is 11.6 Å². The van der Waals surface area contributed by atoms with E-state index in [9.17, 15) is 14.4 Å². The van der Waals surface area contributed by atoms with E-state index in [4.69, 9.17) is 11.6 Å². The normalized spacial score (nSPS) is 14.8. The average molecular weight is 472 g/mol. The predicted octanol–water partition coefficient (Wildman–Crippen LogP) is 4.75. The molecule has 4 aromatic rings. The van der Waals surface area contributed by atoms with E-state index in [1.165, 1.54) is 0 Å². The molecule has 6 nitrogen and oxygen atoms in total. The third-order valence-electron chi connectivity index (χ3n) is 6.35. The maximum absolute atomic E-state index is 13.1. The number of aromatic nitrogens is 1.